The number of nitrogens with one attached hydrogen (secondary N) is 1. The molecule has 0 bridgehead atoms. The van der Waals surface area contributed by atoms with E-state index in [9.17, 15) is 4.79 Å². The van der Waals surface area contributed by atoms with Crippen LogP contribution in [0.4, 0.5) is 0 Å². The van der Waals surface area contributed by atoms with Gasteiger partial charge in [0.15, 0.2) is 0 Å². The fourth-order valence-corrected chi connectivity index (χ4v) is 2.34. The van der Waals surface area contributed by atoms with Crippen LogP contribution in [0.3, 0.4) is 0 Å². The molecule has 0 spiro atoms. The van der Waals surface area contributed by atoms with Gasteiger partial charge in [0.25, 0.3) is 0 Å². The van der Waals surface area contributed by atoms with Crippen molar-refractivity contribution in [1.82, 2.24) is 10.3 Å². The summed E-state index contributed by atoms with van der Waals surface area (Å²) < 4.78 is 10.4. The highest BCUT2D eigenvalue weighted by atomic mass is 16.5. The number of hydrogen-bond acceptors (Lipinski definition) is 5. The molecular formula is C15H22N2O3. The first-order valence-corrected chi connectivity index (χ1v) is 7.15. The van der Waals surface area contributed by atoms with Crippen LogP contribution in [-0.4, -0.2) is 37.3 Å². The highest BCUT2D eigenvalue weighted by molar-refractivity contribution is 5.88. The quantitative estimate of drug-likeness (QED) is 0.610. The Labute approximate surface area is 119 Å². The number of methoxy groups -OCH3 is 1. The summed E-state index contributed by atoms with van der Waals surface area (Å²) in [5, 5.41) is 3.28. The van der Waals surface area contributed by atoms with Gasteiger partial charge in [-0.05, 0) is 25.0 Å². The third-order valence-electron chi connectivity index (χ3n) is 3.49. The van der Waals surface area contributed by atoms with Crippen LogP contribution in [0.1, 0.15) is 41.7 Å². The molecular weight excluding hydrogens is 256 g/mol. The van der Waals surface area contributed by atoms with Crippen molar-refractivity contribution in [2.75, 3.05) is 20.3 Å². The van der Waals surface area contributed by atoms with Crippen LogP contribution >= 0.6 is 0 Å². The third-order valence-corrected chi connectivity index (χ3v) is 3.49. The molecule has 5 heteroatoms. The van der Waals surface area contributed by atoms with E-state index in [-0.39, 0.29) is 5.97 Å². The van der Waals surface area contributed by atoms with Gasteiger partial charge in [0.1, 0.15) is 0 Å². The largest absolute Gasteiger partial charge is 0.465 e. The first kappa shape index (κ1) is 14.9. The Morgan fingerprint density at radius 3 is 2.85 bits per heavy atom. The normalized spacial score (nSPS) is 15.4. The average molecular weight is 278 g/mol. The molecule has 1 aliphatic rings. The maximum Gasteiger partial charge on any atom is 0.339 e. The molecule has 1 aliphatic carbocycles. The molecule has 2 rings (SSSR count). The fraction of sp³-hybridized carbons (Fsp3) is 0.600. The van der Waals surface area contributed by atoms with E-state index in [4.69, 9.17) is 4.74 Å². The van der Waals surface area contributed by atoms with Crippen molar-refractivity contribution in [3.05, 3.63) is 29.6 Å². The van der Waals surface area contributed by atoms with Gasteiger partial charge in [-0.15, -0.1) is 0 Å². The van der Waals surface area contributed by atoms with Gasteiger partial charge in [-0.3, -0.25) is 4.98 Å². The molecule has 0 radical (unpaired) electrons. The summed E-state index contributed by atoms with van der Waals surface area (Å²) >= 11 is 0. The van der Waals surface area contributed by atoms with Gasteiger partial charge in [0.05, 0.1) is 31.1 Å². The van der Waals surface area contributed by atoms with Crippen molar-refractivity contribution in [2.24, 2.45) is 0 Å². The standard InChI is InChI=1S/C15H22N2O3/c1-19-15(18)12-6-7-13(17-10-12)11-16-8-9-20-14-4-2-3-5-14/h6-7,10,14,16H,2-5,8-9,11H2,1H3. The van der Waals surface area contributed by atoms with Crippen LogP contribution in [-0.2, 0) is 16.0 Å². The topological polar surface area (TPSA) is 60.5 Å². The van der Waals surface area contributed by atoms with Gasteiger partial charge in [-0.25, -0.2) is 4.79 Å². The minimum Gasteiger partial charge on any atom is -0.465 e. The van der Waals surface area contributed by atoms with Gasteiger partial charge >= 0.3 is 5.97 Å². The smallest absolute Gasteiger partial charge is 0.339 e. The summed E-state index contributed by atoms with van der Waals surface area (Å²) in [6.45, 7) is 2.23. The predicted molar refractivity (Wildman–Crippen MR) is 75.5 cm³/mol. The van der Waals surface area contributed by atoms with Crippen LogP contribution in [0.15, 0.2) is 18.3 Å². The molecule has 1 aromatic heterocycles. The SMILES string of the molecule is COC(=O)c1ccc(CNCCOC2CCCC2)nc1. The summed E-state index contributed by atoms with van der Waals surface area (Å²) in [4.78, 5) is 15.5. The first-order valence-electron chi connectivity index (χ1n) is 7.15. The second-order valence-corrected chi connectivity index (χ2v) is 4.98. The minimum absolute atomic E-state index is 0.359. The maximum atomic E-state index is 11.3. The molecule has 20 heavy (non-hydrogen) atoms. The molecule has 1 heterocycles. The summed E-state index contributed by atoms with van der Waals surface area (Å²) in [5.74, 6) is -0.359. The lowest BCUT2D eigenvalue weighted by atomic mass is 10.2. The van der Waals surface area contributed by atoms with E-state index < -0.39 is 0 Å². The lowest BCUT2D eigenvalue weighted by Crippen LogP contribution is -2.22. The number of pyridine rings is 1. The molecule has 1 N–H and O–H groups in total. The summed E-state index contributed by atoms with van der Waals surface area (Å²) in [6.07, 6.45) is 7.02. The number of rotatable bonds is 7. The molecule has 0 aromatic carbocycles. The van der Waals surface area contributed by atoms with Gasteiger partial charge in [-0.1, -0.05) is 12.8 Å². The summed E-state index contributed by atoms with van der Waals surface area (Å²) in [5.41, 5.74) is 1.37. The molecule has 1 aromatic rings. The average Bonchev–Trinajstić information content (AvgIpc) is 3.00. The third kappa shape index (κ3) is 4.58. The second kappa shape index (κ2) is 7.97. The van der Waals surface area contributed by atoms with E-state index in [0.717, 1.165) is 18.8 Å². The molecule has 0 amide bonds. The Balaban J connectivity index is 1.62. The first-order chi connectivity index (χ1) is 9.79. The van der Waals surface area contributed by atoms with Gasteiger partial charge in [0.2, 0.25) is 0 Å². The number of aromatic nitrogens is 1. The fourth-order valence-electron chi connectivity index (χ4n) is 2.34. The van der Waals surface area contributed by atoms with Gasteiger partial charge in [-0.2, -0.15) is 0 Å². The van der Waals surface area contributed by atoms with Crippen LogP contribution in [0, 0.1) is 0 Å². The molecule has 110 valence electrons. The molecule has 0 atom stereocenters. The van der Waals surface area contributed by atoms with Crippen molar-refractivity contribution in [2.45, 2.75) is 38.3 Å². The Morgan fingerprint density at radius 1 is 1.40 bits per heavy atom. The van der Waals surface area contributed by atoms with E-state index in [1.165, 1.54) is 39.0 Å². The number of hydrogen-bond donors (Lipinski definition) is 1. The Morgan fingerprint density at radius 2 is 2.20 bits per heavy atom. The lowest BCUT2D eigenvalue weighted by Gasteiger charge is -2.11. The zero-order valence-electron chi connectivity index (χ0n) is 11.9. The number of nitrogens with zero attached hydrogens (tertiary/aromatic N) is 1. The van der Waals surface area contributed by atoms with Crippen molar-refractivity contribution >= 4 is 5.97 Å². The maximum absolute atomic E-state index is 11.3. The molecule has 0 saturated heterocycles. The lowest BCUT2D eigenvalue weighted by molar-refractivity contribution is 0.0599. The van der Waals surface area contributed by atoms with E-state index >= 15 is 0 Å². The van der Waals surface area contributed by atoms with Crippen molar-refractivity contribution < 1.29 is 14.3 Å². The van der Waals surface area contributed by atoms with E-state index in [1.807, 2.05) is 6.07 Å². The highest BCUT2D eigenvalue weighted by Gasteiger charge is 2.14. The van der Waals surface area contributed by atoms with E-state index in [0.29, 0.717) is 18.2 Å². The summed E-state index contributed by atoms with van der Waals surface area (Å²) in [6, 6.07) is 3.56. The molecule has 5 nitrogen and oxygen atoms in total. The number of carbonyl (C=O) groups is 1. The molecule has 1 fully saturated rings. The number of esters is 1. The Kier molecular flexibility index (Phi) is 5.95. The Bertz CT molecular complexity index is 414. The molecule has 0 unspecified atom stereocenters. The van der Waals surface area contributed by atoms with E-state index in [1.54, 1.807) is 6.07 Å². The van der Waals surface area contributed by atoms with Crippen LogP contribution in [0.25, 0.3) is 0 Å². The second-order valence-electron chi connectivity index (χ2n) is 4.98. The van der Waals surface area contributed by atoms with Crippen LogP contribution in [0.5, 0.6) is 0 Å². The number of carbonyl (C=O) groups excluding carboxylic acids is 1. The monoisotopic (exact) mass is 278 g/mol. The zero-order valence-corrected chi connectivity index (χ0v) is 11.9. The van der Waals surface area contributed by atoms with Gasteiger partial charge in [0, 0.05) is 19.3 Å². The minimum atomic E-state index is -0.359. The zero-order chi connectivity index (χ0) is 14.2. The van der Waals surface area contributed by atoms with E-state index in [2.05, 4.69) is 15.0 Å². The number of ether oxygens (including phenoxy) is 2. The summed E-state index contributed by atoms with van der Waals surface area (Å²) in [7, 11) is 1.36. The highest BCUT2D eigenvalue weighted by Crippen LogP contribution is 2.20. The van der Waals surface area contributed by atoms with Gasteiger partial charge < -0.3 is 14.8 Å². The van der Waals surface area contributed by atoms with Crippen LogP contribution < -0.4 is 5.32 Å². The predicted octanol–water partition coefficient (Wildman–Crippen LogP) is 1.92. The molecule has 0 aliphatic heterocycles. The van der Waals surface area contributed by atoms with Crippen molar-refractivity contribution in [3.8, 4) is 0 Å². The Hall–Kier alpha value is -1.46. The van der Waals surface area contributed by atoms with Crippen molar-refractivity contribution in [3.63, 3.8) is 0 Å². The molecule has 1 saturated carbocycles. The van der Waals surface area contributed by atoms with Crippen LogP contribution in [0.2, 0.25) is 0 Å². The van der Waals surface area contributed by atoms with Crippen molar-refractivity contribution in [1.29, 1.82) is 0 Å².